The zero-order valence-electron chi connectivity index (χ0n) is 9.51. The Hall–Kier alpha value is -0.0271. The summed E-state index contributed by atoms with van der Waals surface area (Å²) in [6, 6.07) is 0. The molecule has 0 aliphatic carbocycles. The minimum absolute atomic E-state index is 0.365. The zero-order chi connectivity index (χ0) is 11.0. The molecule has 0 atom stereocenters. The fraction of sp³-hybridized carbons (Fsp3) is 0.900. The summed E-state index contributed by atoms with van der Waals surface area (Å²) in [5, 5.41) is 13.3. The van der Waals surface area contributed by atoms with Crippen molar-refractivity contribution in [1.82, 2.24) is 0 Å². The summed E-state index contributed by atoms with van der Waals surface area (Å²) in [5.41, 5.74) is 0. The topological polar surface area (TPSA) is 46.5 Å². The number of rotatable bonds is 7. The predicted molar refractivity (Wildman–Crippen MR) is 60.0 cm³/mol. The van der Waals surface area contributed by atoms with E-state index in [0.717, 1.165) is 6.42 Å². The van der Waals surface area contributed by atoms with E-state index in [1.54, 1.807) is 0 Å². The van der Waals surface area contributed by atoms with Gasteiger partial charge in [0.1, 0.15) is 0 Å². The molecule has 0 saturated carbocycles. The van der Waals surface area contributed by atoms with Crippen LogP contribution in [0.15, 0.2) is 0 Å². The van der Waals surface area contributed by atoms with Crippen molar-refractivity contribution in [1.29, 1.82) is 0 Å². The summed E-state index contributed by atoms with van der Waals surface area (Å²) in [6.07, 6.45) is 1.25. The van der Waals surface area contributed by atoms with Gasteiger partial charge in [-0.05, 0) is 0 Å². The molecule has 0 saturated heterocycles. The van der Waals surface area contributed by atoms with Gasteiger partial charge in [-0.15, -0.1) is 0 Å². The van der Waals surface area contributed by atoms with Gasteiger partial charge in [-0.1, -0.05) is 0 Å². The Bertz CT molecular complexity index is 158. The van der Waals surface area contributed by atoms with E-state index in [2.05, 4.69) is 25.7 Å². The van der Waals surface area contributed by atoms with Gasteiger partial charge >= 0.3 is 88.8 Å². The predicted octanol–water partition coefficient (Wildman–Crippen LogP) is 3.29. The van der Waals surface area contributed by atoms with Gasteiger partial charge in [-0.25, -0.2) is 0 Å². The molecule has 0 bridgehead atoms. The van der Waals surface area contributed by atoms with Crippen LogP contribution in [-0.2, 0) is 9.68 Å². The Balaban J connectivity index is 3.88. The van der Waals surface area contributed by atoms with E-state index in [4.69, 9.17) is 5.26 Å². The summed E-state index contributed by atoms with van der Waals surface area (Å²) in [4.78, 5) is 14.4. The van der Waals surface area contributed by atoms with E-state index in [0.29, 0.717) is 6.42 Å². The third-order valence-electron chi connectivity index (χ3n) is 3.44. The molecule has 0 aromatic rings. The molecule has 0 unspecified atom stereocenters. The number of carbonyl (C=O) groups excluding carboxylic acids is 1. The number of hydrogen-bond acceptors (Lipinski definition) is 3. The fourth-order valence-corrected chi connectivity index (χ4v) is 9.25. The van der Waals surface area contributed by atoms with E-state index in [-0.39, 0.29) is 0 Å². The standard InChI is InChI=1S/C10H22GeO3/c1-4-11(5-2,6-3)9-7-8-10(12)14-13/h13H,4-9H2,1-3H3. The van der Waals surface area contributed by atoms with Gasteiger partial charge in [0.25, 0.3) is 0 Å². The first-order chi connectivity index (χ1) is 6.64. The van der Waals surface area contributed by atoms with Crippen molar-refractivity contribution in [2.45, 2.75) is 54.6 Å². The molecule has 0 amide bonds. The summed E-state index contributed by atoms with van der Waals surface area (Å²) in [7, 11) is 0. The molecule has 0 heterocycles. The second-order valence-corrected chi connectivity index (χ2v) is 15.7. The molecule has 0 spiro atoms. The van der Waals surface area contributed by atoms with Crippen LogP contribution in [0, 0.1) is 0 Å². The second kappa shape index (κ2) is 7.29. The molecule has 0 rings (SSSR count). The summed E-state index contributed by atoms with van der Waals surface area (Å²) < 4.78 is 0. The fourth-order valence-electron chi connectivity index (χ4n) is 1.93. The summed E-state index contributed by atoms with van der Waals surface area (Å²) in [6.45, 7) is 6.83. The molecular formula is C10H22GeO3. The van der Waals surface area contributed by atoms with Crippen molar-refractivity contribution in [3.05, 3.63) is 0 Å². The molecule has 0 aliphatic rings. The van der Waals surface area contributed by atoms with E-state index < -0.39 is 19.2 Å². The first-order valence-electron chi connectivity index (χ1n) is 5.48. The molecule has 3 nitrogen and oxygen atoms in total. The van der Waals surface area contributed by atoms with Crippen LogP contribution in [-0.4, -0.2) is 24.5 Å². The van der Waals surface area contributed by atoms with Crippen molar-refractivity contribution in [3.8, 4) is 0 Å². The SMILES string of the molecule is C[CH2][Ge]([CH2]C)([CH2]C)[CH2]CCC(=O)OO. The van der Waals surface area contributed by atoms with Gasteiger partial charge in [0.2, 0.25) is 0 Å². The third-order valence-corrected chi connectivity index (χ3v) is 15.8. The summed E-state index contributed by atoms with van der Waals surface area (Å²) >= 11 is -1.60. The van der Waals surface area contributed by atoms with Gasteiger partial charge in [0.05, 0.1) is 0 Å². The first kappa shape index (κ1) is 14.0. The van der Waals surface area contributed by atoms with Crippen molar-refractivity contribution < 1.29 is 14.9 Å². The van der Waals surface area contributed by atoms with E-state index in [1.807, 2.05) is 0 Å². The molecule has 1 N–H and O–H groups in total. The van der Waals surface area contributed by atoms with Crippen molar-refractivity contribution in [3.63, 3.8) is 0 Å². The van der Waals surface area contributed by atoms with Crippen LogP contribution >= 0.6 is 0 Å². The van der Waals surface area contributed by atoms with Crippen LogP contribution < -0.4 is 0 Å². The molecular weight excluding hydrogens is 241 g/mol. The van der Waals surface area contributed by atoms with E-state index in [1.165, 1.54) is 21.0 Å². The maximum absolute atomic E-state index is 10.7. The third kappa shape index (κ3) is 4.46. The van der Waals surface area contributed by atoms with Crippen LogP contribution in [0.2, 0.25) is 21.0 Å². The minimum atomic E-state index is -1.60. The zero-order valence-corrected chi connectivity index (χ0v) is 11.6. The van der Waals surface area contributed by atoms with Crippen LogP contribution in [0.25, 0.3) is 0 Å². The summed E-state index contributed by atoms with van der Waals surface area (Å²) in [5.74, 6) is -0.496. The first-order valence-corrected chi connectivity index (χ1v) is 11.4. The molecule has 0 aliphatic heterocycles. The van der Waals surface area contributed by atoms with Crippen LogP contribution in [0.3, 0.4) is 0 Å². The monoisotopic (exact) mass is 264 g/mol. The molecule has 0 radical (unpaired) electrons. The molecule has 0 fully saturated rings. The van der Waals surface area contributed by atoms with E-state index >= 15 is 0 Å². The number of hydrogen-bond donors (Lipinski definition) is 1. The second-order valence-electron chi connectivity index (χ2n) is 3.88. The average molecular weight is 263 g/mol. The quantitative estimate of drug-likeness (QED) is 0.435. The molecule has 84 valence electrons. The average Bonchev–Trinajstić information content (AvgIpc) is 2.25. The van der Waals surface area contributed by atoms with Crippen LogP contribution in [0.4, 0.5) is 0 Å². The van der Waals surface area contributed by atoms with Crippen molar-refractivity contribution in [2.24, 2.45) is 0 Å². The molecule has 0 aromatic heterocycles. The van der Waals surface area contributed by atoms with E-state index in [9.17, 15) is 4.79 Å². The Morgan fingerprint density at radius 1 is 1.21 bits per heavy atom. The Labute approximate surface area is 89.1 Å². The van der Waals surface area contributed by atoms with Gasteiger partial charge < -0.3 is 0 Å². The number of carbonyl (C=O) groups is 1. The normalized spacial score (nSPS) is 11.4. The van der Waals surface area contributed by atoms with Gasteiger partial charge in [-0.2, -0.15) is 0 Å². The Morgan fingerprint density at radius 3 is 2.07 bits per heavy atom. The van der Waals surface area contributed by atoms with Crippen molar-refractivity contribution in [2.75, 3.05) is 0 Å². The van der Waals surface area contributed by atoms with Gasteiger partial charge in [0, 0.05) is 0 Å². The van der Waals surface area contributed by atoms with Gasteiger partial charge in [0.15, 0.2) is 0 Å². The van der Waals surface area contributed by atoms with Gasteiger partial charge in [-0.3, -0.25) is 0 Å². The Morgan fingerprint density at radius 2 is 1.71 bits per heavy atom. The molecule has 14 heavy (non-hydrogen) atoms. The molecule has 0 aromatic carbocycles. The van der Waals surface area contributed by atoms with Crippen molar-refractivity contribution >= 4 is 19.2 Å². The maximum atomic E-state index is 10.7. The molecule has 4 heteroatoms. The van der Waals surface area contributed by atoms with Crippen LogP contribution in [0.5, 0.6) is 0 Å². The Kier molecular flexibility index (Phi) is 7.27. The van der Waals surface area contributed by atoms with Crippen LogP contribution in [0.1, 0.15) is 33.6 Å².